The molecule has 1 aliphatic rings. The van der Waals surface area contributed by atoms with E-state index in [-0.39, 0.29) is 5.91 Å². The number of fused-ring (bicyclic) bond motifs is 1. The van der Waals surface area contributed by atoms with Gasteiger partial charge in [0.05, 0.1) is 22.4 Å². The summed E-state index contributed by atoms with van der Waals surface area (Å²) in [7, 11) is 0. The van der Waals surface area contributed by atoms with Crippen LogP contribution in [0, 0.1) is 5.92 Å². The minimum atomic E-state index is -0.000648. The largest absolute Gasteiger partial charge is 0.323 e. The smallest absolute Gasteiger partial charge is 0.224 e. The third kappa shape index (κ3) is 2.92. The summed E-state index contributed by atoms with van der Waals surface area (Å²) >= 11 is 7.28. The maximum Gasteiger partial charge on any atom is 0.224 e. The van der Waals surface area contributed by atoms with E-state index in [2.05, 4.69) is 19.4 Å². The molecule has 2 N–H and O–H groups in total. The average Bonchev–Trinajstić information content (AvgIpc) is 2.92. The first-order valence-electron chi connectivity index (χ1n) is 6.65. The summed E-state index contributed by atoms with van der Waals surface area (Å²) in [5.74, 6) is 0.446. The maximum absolute atomic E-state index is 12.2. The summed E-state index contributed by atoms with van der Waals surface area (Å²) < 4.78 is 8.36. The second-order valence-corrected chi connectivity index (χ2v) is 5.94. The summed E-state index contributed by atoms with van der Waals surface area (Å²) in [5, 5.41) is 6.70. The van der Waals surface area contributed by atoms with E-state index in [4.69, 9.17) is 11.6 Å². The molecule has 1 aliphatic heterocycles. The predicted octanol–water partition coefficient (Wildman–Crippen LogP) is 2.67. The molecule has 1 amide bonds. The number of benzene rings is 1. The normalized spacial score (nSPS) is 16.4. The Kier molecular flexibility index (Phi) is 4.14. The molecule has 0 atom stereocenters. The number of anilines is 1. The molecule has 106 valence electrons. The van der Waals surface area contributed by atoms with E-state index in [0.717, 1.165) is 43.2 Å². The molecule has 3 rings (SSSR count). The SMILES string of the molecule is O=C(CC1CCNCC1)Nc1c(Cl)ccc2nsnc12. The van der Waals surface area contributed by atoms with Crippen LogP contribution in [0.1, 0.15) is 19.3 Å². The first-order valence-corrected chi connectivity index (χ1v) is 7.76. The number of piperidine rings is 1. The van der Waals surface area contributed by atoms with Crippen molar-refractivity contribution in [3.63, 3.8) is 0 Å². The molecule has 0 aliphatic carbocycles. The van der Waals surface area contributed by atoms with Gasteiger partial charge in [-0.15, -0.1) is 0 Å². The molecule has 0 saturated carbocycles. The molecular weight excluding hydrogens is 296 g/mol. The molecule has 0 radical (unpaired) electrons. The molecule has 1 aromatic heterocycles. The van der Waals surface area contributed by atoms with Crippen LogP contribution in [-0.2, 0) is 4.79 Å². The van der Waals surface area contributed by atoms with Crippen molar-refractivity contribution in [3.05, 3.63) is 17.2 Å². The minimum Gasteiger partial charge on any atom is -0.323 e. The van der Waals surface area contributed by atoms with E-state index >= 15 is 0 Å². The number of rotatable bonds is 3. The fourth-order valence-electron chi connectivity index (χ4n) is 2.48. The number of carbonyl (C=O) groups is 1. The van der Waals surface area contributed by atoms with Gasteiger partial charge in [-0.3, -0.25) is 4.79 Å². The van der Waals surface area contributed by atoms with Crippen LogP contribution in [0.2, 0.25) is 5.02 Å². The van der Waals surface area contributed by atoms with Crippen molar-refractivity contribution in [2.45, 2.75) is 19.3 Å². The van der Waals surface area contributed by atoms with Crippen molar-refractivity contribution in [1.29, 1.82) is 0 Å². The second kappa shape index (κ2) is 6.03. The van der Waals surface area contributed by atoms with Gasteiger partial charge in [-0.1, -0.05) is 11.6 Å². The Morgan fingerprint density at radius 2 is 2.20 bits per heavy atom. The van der Waals surface area contributed by atoms with Crippen molar-refractivity contribution < 1.29 is 4.79 Å². The summed E-state index contributed by atoms with van der Waals surface area (Å²) in [5.41, 5.74) is 2.01. The Labute approximate surface area is 126 Å². The fraction of sp³-hybridized carbons (Fsp3) is 0.462. The Hall–Kier alpha value is -1.24. The van der Waals surface area contributed by atoms with E-state index in [9.17, 15) is 4.79 Å². The van der Waals surface area contributed by atoms with Gasteiger partial charge in [-0.25, -0.2) is 0 Å². The van der Waals surface area contributed by atoms with Crippen molar-refractivity contribution in [3.8, 4) is 0 Å². The number of hydrogen-bond acceptors (Lipinski definition) is 5. The molecule has 20 heavy (non-hydrogen) atoms. The zero-order chi connectivity index (χ0) is 13.9. The lowest BCUT2D eigenvalue weighted by molar-refractivity contribution is -0.117. The molecule has 5 nitrogen and oxygen atoms in total. The van der Waals surface area contributed by atoms with Gasteiger partial charge in [0.15, 0.2) is 0 Å². The van der Waals surface area contributed by atoms with Gasteiger partial charge in [0.25, 0.3) is 0 Å². The van der Waals surface area contributed by atoms with E-state index in [1.165, 1.54) is 0 Å². The maximum atomic E-state index is 12.2. The average molecular weight is 311 g/mol. The molecule has 0 unspecified atom stereocenters. The van der Waals surface area contributed by atoms with Gasteiger partial charge in [0, 0.05) is 6.42 Å². The van der Waals surface area contributed by atoms with Crippen LogP contribution in [0.3, 0.4) is 0 Å². The first-order chi connectivity index (χ1) is 9.74. The number of nitrogens with zero attached hydrogens (tertiary/aromatic N) is 2. The molecule has 0 bridgehead atoms. The Bertz CT molecular complexity index is 624. The summed E-state index contributed by atoms with van der Waals surface area (Å²) in [6.45, 7) is 1.98. The van der Waals surface area contributed by atoms with Gasteiger partial charge in [-0.2, -0.15) is 8.75 Å². The molecule has 1 aromatic carbocycles. The Balaban J connectivity index is 1.73. The lowest BCUT2D eigenvalue weighted by Crippen LogP contribution is -2.30. The molecule has 2 heterocycles. The summed E-state index contributed by atoms with van der Waals surface area (Å²) in [4.78, 5) is 12.2. The first kappa shape index (κ1) is 13.7. The van der Waals surface area contributed by atoms with Crippen LogP contribution in [0.15, 0.2) is 12.1 Å². The van der Waals surface area contributed by atoms with Gasteiger partial charge < -0.3 is 10.6 Å². The highest BCUT2D eigenvalue weighted by Crippen LogP contribution is 2.30. The number of hydrogen-bond donors (Lipinski definition) is 2. The zero-order valence-electron chi connectivity index (χ0n) is 10.9. The lowest BCUT2D eigenvalue weighted by Gasteiger charge is -2.22. The summed E-state index contributed by atoms with van der Waals surface area (Å²) in [6, 6.07) is 3.55. The second-order valence-electron chi connectivity index (χ2n) is 5.00. The molecule has 2 aromatic rings. The van der Waals surface area contributed by atoms with Crippen LogP contribution >= 0.6 is 23.3 Å². The van der Waals surface area contributed by atoms with E-state index in [1.54, 1.807) is 6.07 Å². The molecule has 1 fully saturated rings. The van der Waals surface area contributed by atoms with Crippen LogP contribution in [-0.4, -0.2) is 27.7 Å². The topological polar surface area (TPSA) is 66.9 Å². The van der Waals surface area contributed by atoms with Crippen molar-refractivity contribution in [1.82, 2.24) is 14.1 Å². The quantitative estimate of drug-likeness (QED) is 0.914. The Morgan fingerprint density at radius 1 is 1.40 bits per heavy atom. The van der Waals surface area contributed by atoms with Crippen LogP contribution in [0.5, 0.6) is 0 Å². The van der Waals surface area contributed by atoms with Gasteiger partial charge in [0.2, 0.25) is 5.91 Å². The number of halogens is 1. The highest BCUT2D eigenvalue weighted by atomic mass is 35.5. The number of aromatic nitrogens is 2. The van der Waals surface area contributed by atoms with E-state index < -0.39 is 0 Å². The third-order valence-electron chi connectivity index (χ3n) is 3.57. The standard InChI is InChI=1S/C13H15ClN4OS/c14-9-1-2-10-13(18-20-17-10)12(9)16-11(19)7-8-3-5-15-6-4-8/h1-2,8,15H,3-7H2,(H,16,19). The fourth-order valence-corrected chi connectivity index (χ4v) is 3.23. The van der Waals surface area contributed by atoms with E-state index in [0.29, 0.717) is 28.6 Å². The number of amides is 1. The van der Waals surface area contributed by atoms with Crippen molar-refractivity contribution >= 4 is 46.0 Å². The van der Waals surface area contributed by atoms with Gasteiger partial charge in [0.1, 0.15) is 11.0 Å². The number of carbonyl (C=O) groups excluding carboxylic acids is 1. The van der Waals surface area contributed by atoms with Crippen LogP contribution in [0.25, 0.3) is 11.0 Å². The molecule has 7 heteroatoms. The minimum absolute atomic E-state index is 0.000648. The predicted molar refractivity (Wildman–Crippen MR) is 81.3 cm³/mol. The van der Waals surface area contributed by atoms with E-state index in [1.807, 2.05) is 6.07 Å². The molecular formula is C13H15ClN4OS. The van der Waals surface area contributed by atoms with Gasteiger partial charge >= 0.3 is 0 Å². The summed E-state index contributed by atoms with van der Waals surface area (Å²) in [6.07, 6.45) is 2.62. The highest BCUT2D eigenvalue weighted by Gasteiger charge is 2.18. The highest BCUT2D eigenvalue weighted by molar-refractivity contribution is 7.00. The Morgan fingerprint density at radius 3 is 3.00 bits per heavy atom. The van der Waals surface area contributed by atoms with Crippen molar-refractivity contribution in [2.75, 3.05) is 18.4 Å². The molecule has 0 spiro atoms. The molecule has 1 saturated heterocycles. The lowest BCUT2D eigenvalue weighted by atomic mass is 9.94. The monoisotopic (exact) mass is 310 g/mol. The van der Waals surface area contributed by atoms with Gasteiger partial charge in [-0.05, 0) is 44.0 Å². The van der Waals surface area contributed by atoms with Crippen LogP contribution in [0.4, 0.5) is 5.69 Å². The van der Waals surface area contributed by atoms with Crippen LogP contribution < -0.4 is 10.6 Å². The van der Waals surface area contributed by atoms with Crippen molar-refractivity contribution in [2.24, 2.45) is 5.92 Å². The zero-order valence-corrected chi connectivity index (χ0v) is 12.4. The third-order valence-corrected chi connectivity index (χ3v) is 4.43. The number of nitrogens with one attached hydrogen (secondary N) is 2.